The van der Waals surface area contributed by atoms with Crippen LogP contribution in [0.2, 0.25) is 10.0 Å². The van der Waals surface area contributed by atoms with Crippen LogP contribution in [0.15, 0.2) is 47.2 Å². The number of halogens is 3. The number of benzene rings is 1. The van der Waals surface area contributed by atoms with Crippen LogP contribution in [-0.2, 0) is 6.54 Å². The standard InChI is InChI=1S/C15H10BrCl2N3O/c16-9-4-5-14-20-13(8-21(14)7-9)15(22)19-6-10-11(17)2-1-3-12(10)18/h1-5,7-8H,6H2,(H,19,22). The van der Waals surface area contributed by atoms with Gasteiger partial charge < -0.3 is 9.72 Å². The molecule has 0 aliphatic carbocycles. The van der Waals surface area contributed by atoms with Gasteiger partial charge in [0, 0.05) is 39.0 Å². The SMILES string of the molecule is O=C(NCc1c(Cl)cccc1Cl)c1cn2cc(Br)ccc2n1. The second kappa shape index (κ2) is 6.28. The molecule has 1 N–H and O–H groups in total. The number of carbonyl (C=O) groups excluding carboxylic acids is 1. The normalized spacial score (nSPS) is 10.9. The van der Waals surface area contributed by atoms with E-state index in [1.807, 2.05) is 18.3 Å². The van der Waals surface area contributed by atoms with Gasteiger partial charge in [0.15, 0.2) is 0 Å². The third-order valence-corrected chi connectivity index (χ3v) is 4.31. The van der Waals surface area contributed by atoms with Crippen molar-refractivity contribution in [2.45, 2.75) is 6.54 Å². The highest BCUT2D eigenvalue weighted by Crippen LogP contribution is 2.24. The maximum absolute atomic E-state index is 12.2. The molecule has 0 atom stereocenters. The highest BCUT2D eigenvalue weighted by atomic mass is 79.9. The van der Waals surface area contributed by atoms with Crippen LogP contribution in [0.25, 0.3) is 5.65 Å². The zero-order valence-electron chi connectivity index (χ0n) is 11.2. The molecule has 0 saturated carbocycles. The third-order valence-electron chi connectivity index (χ3n) is 3.14. The van der Waals surface area contributed by atoms with E-state index >= 15 is 0 Å². The summed E-state index contributed by atoms with van der Waals surface area (Å²) in [4.78, 5) is 16.5. The van der Waals surface area contributed by atoms with Gasteiger partial charge >= 0.3 is 0 Å². The van der Waals surface area contributed by atoms with E-state index in [9.17, 15) is 4.79 Å². The molecule has 112 valence electrons. The van der Waals surface area contributed by atoms with Crippen LogP contribution in [0.1, 0.15) is 16.1 Å². The highest BCUT2D eigenvalue weighted by Gasteiger charge is 2.12. The number of nitrogens with one attached hydrogen (secondary N) is 1. The number of carbonyl (C=O) groups is 1. The Bertz CT molecular complexity index is 843. The monoisotopic (exact) mass is 397 g/mol. The number of fused-ring (bicyclic) bond motifs is 1. The number of rotatable bonds is 3. The summed E-state index contributed by atoms with van der Waals surface area (Å²) in [6.07, 6.45) is 3.51. The summed E-state index contributed by atoms with van der Waals surface area (Å²) in [5.74, 6) is -0.282. The van der Waals surface area contributed by atoms with E-state index in [2.05, 4.69) is 26.2 Å². The Morgan fingerprint density at radius 3 is 2.64 bits per heavy atom. The zero-order valence-corrected chi connectivity index (χ0v) is 14.3. The molecular formula is C15H10BrCl2N3O. The summed E-state index contributed by atoms with van der Waals surface area (Å²) < 4.78 is 2.69. The Morgan fingerprint density at radius 2 is 1.91 bits per heavy atom. The summed E-state index contributed by atoms with van der Waals surface area (Å²) in [6.45, 7) is 0.245. The summed E-state index contributed by atoms with van der Waals surface area (Å²) in [5.41, 5.74) is 1.72. The first-order chi connectivity index (χ1) is 10.5. The fourth-order valence-corrected chi connectivity index (χ4v) is 2.92. The Balaban J connectivity index is 1.79. The Hall–Kier alpha value is -1.56. The lowest BCUT2D eigenvalue weighted by molar-refractivity contribution is 0.0946. The maximum atomic E-state index is 12.2. The van der Waals surface area contributed by atoms with Crippen molar-refractivity contribution >= 4 is 50.7 Å². The van der Waals surface area contributed by atoms with Crippen molar-refractivity contribution in [3.05, 3.63) is 68.5 Å². The largest absolute Gasteiger partial charge is 0.346 e. The molecule has 0 fully saturated rings. The lowest BCUT2D eigenvalue weighted by atomic mass is 10.2. The van der Waals surface area contributed by atoms with Crippen molar-refractivity contribution in [3.8, 4) is 0 Å². The number of pyridine rings is 1. The van der Waals surface area contributed by atoms with Gasteiger partial charge in [0.1, 0.15) is 11.3 Å². The fourth-order valence-electron chi connectivity index (χ4n) is 2.03. The molecule has 0 saturated heterocycles. The molecule has 7 heteroatoms. The molecule has 0 aliphatic rings. The van der Waals surface area contributed by atoms with E-state index in [0.29, 0.717) is 26.9 Å². The summed E-state index contributed by atoms with van der Waals surface area (Å²) in [6, 6.07) is 8.92. The lowest BCUT2D eigenvalue weighted by Crippen LogP contribution is -2.23. The molecule has 2 heterocycles. The molecule has 0 unspecified atom stereocenters. The smallest absolute Gasteiger partial charge is 0.271 e. The minimum absolute atomic E-state index is 0.245. The number of hydrogen-bond acceptors (Lipinski definition) is 2. The number of imidazole rings is 1. The molecule has 4 nitrogen and oxygen atoms in total. The Kier molecular flexibility index (Phi) is 4.38. The molecule has 0 aliphatic heterocycles. The minimum atomic E-state index is -0.282. The van der Waals surface area contributed by atoms with E-state index in [1.54, 1.807) is 28.8 Å². The molecule has 3 rings (SSSR count). The molecule has 0 bridgehead atoms. The molecule has 0 spiro atoms. The number of amides is 1. The predicted molar refractivity (Wildman–Crippen MR) is 90.5 cm³/mol. The first kappa shape index (κ1) is 15.3. The maximum Gasteiger partial charge on any atom is 0.271 e. The molecule has 1 aromatic carbocycles. The van der Waals surface area contributed by atoms with Crippen molar-refractivity contribution in [2.24, 2.45) is 0 Å². The van der Waals surface area contributed by atoms with Gasteiger partial charge in [-0.1, -0.05) is 29.3 Å². The predicted octanol–water partition coefficient (Wildman–Crippen LogP) is 4.33. The van der Waals surface area contributed by atoms with Gasteiger partial charge in [-0.05, 0) is 40.2 Å². The van der Waals surface area contributed by atoms with Gasteiger partial charge in [0.25, 0.3) is 5.91 Å². The second-order valence-corrected chi connectivity index (χ2v) is 6.35. The van der Waals surface area contributed by atoms with Gasteiger partial charge in [-0.15, -0.1) is 0 Å². The van der Waals surface area contributed by atoms with Crippen LogP contribution in [0.3, 0.4) is 0 Å². The van der Waals surface area contributed by atoms with Crippen LogP contribution in [0.5, 0.6) is 0 Å². The first-order valence-corrected chi connectivity index (χ1v) is 7.95. The average molecular weight is 399 g/mol. The summed E-state index contributed by atoms with van der Waals surface area (Å²) >= 11 is 15.5. The van der Waals surface area contributed by atoms with Crippen molar-refractivity contribution in [1.82, 2.24) is 14.7 Å². The van der Waals surface area contributed by atoms with Gasteiger partial charge in [0.2, 0.25) is 0 Å². The zero-order chi connectivity index (χ0) is 15.7. The first-order valence-electron chi connectivity index (χ1n) is 6.40. The highest BCUT2D eigenvalue weighted by molar-refractivity contribution is 9.10. The average Bonchev–Trinajstić information content (AvgIpc) is 2.89. The second-order valence-electron chi connectivity index (χ2n) is 4.62. The van der Waals surface area contributed by atoms with Crippen LogP contribution in [0, 0.1) is 0 Å². The molecule has 1 amide bonds. The number of aromatic nitrogens is 2. The van der Waals surface area contributed by atoms with E-state index < -0.39 is 0 Å². The molecule has 3 aromatic rings. The minimum Gasteiger partial charge on any atom is -0.346 e. The number of nitrogens with zero attached hydrogens (tertiary/aromatic N) is 2. The van der Waals surface area contributed by atoms with Crippen LogP contribution >= 0.6 is 39.1 Å². The van der Waals surface area contributed by atoms with Crippen LogP contribution < -0.4 is 5.32 Å². The topological polar surface area (TPSA) is 46.4 Å². The third kappa shape index (κ3) is 3.11. The van der Waals surface area contributed by atoms with E-state index in [0.717, 1.165) is 4.47 Å². The quantitative estimate of drug-likeness (QED) is 0.713. The molecular weight excluding hydrogens is 389 g/mol. The Morgan fingerprint density at radius 1 is 1.18 bits per heavy atom. The van der Waals surface area contributed by atoms with Gasteiger partial charge in [-0.2, -0.15) is 0 Å². The van der Waals surface area contributed by atoms with Gasteiger partial charge in [0.05, 0.1) is 0 Å². The van der Waals surface area contributed by atoms with Gasteiger partial charge in [-0.3, -0.25) is 4.79 Å². The number of hydrogen-bond donors (Lipinski definition) is 1. The lowest BCUT2D eigenvalue weighted by Gasteiger charge is -2.07. The van der Waals surface area contributed by atoms with Crippen molar-refractivity contribution in [1.29, 1.82) is 0 Å². The van der Waals surface area contributed by atoms with E-state index in [4.69, 9.17) is 23.2 Å². The van der Waals surface area contributed by atoms with Crippen molar-refractivity contribution in [2.75, 3.05) is 0 Å². The summed E-state index contributed by atoms with van der Waals surface area (Å²) in [5, 5.41) is 3.82. The van der Waals surface area contributed by atoms with Gasteiger partial charge in [-0.25, -0.2) is 4.98 Å². The summed E-state index contributed by atoms with van der Waals surface area (Å²) in [7, 11) is 0. The van der Waals surface area contributed by atoms with E-state index in [1.165, 1.54) is 0 Å². The van der Waals surface area contributed by atoms with Crippen LogP contribution in [0.4, 0.5) is 0 Å². The van der Waals surface area contributed by atoms with Crippen molar-refractivity contribution < 1.29 is 4.79 Å². The van der Waals surface area contributed by atoms with Crippen LogP contribution in [-0.4, -0.2) is 15.3 Å². The fraction of sp³-hybridized carbons (Fsp3) is 0.0667. The molecule has 0 radical (unpaired) electrons. The molecule has 2 aromatic heterocycles. The van der Waals surface area contributed by atoms with E-state index in [-0.39, 0.29) is 12.5 Å². The Labute approximate surface area is 145 Å². The van der Waals surface area contributed by atoms with Crippen molar-refractivity contribution in [3.63, 3.8) is 0 Å². The molecule has 22 heavy (non-hydrogen) atoms.